The number of nitrogens with one attached hydrogen (secondary N) is 2. The van der Waals surface area contributed by atoms with Crippen molar-refractivity contribution in [1.82, 2.24) is 15.1 Å². The zero-order valence-corrected chi connectivity index (χ0v) is 19.9. The summed E-state index contributed by atoms with van der Waals surface area (Å²) in [5, 5.41) is 36.4. The molecule has 2 saturated heterocycles. The van der Waals surface area contributed by atoms with E-state index in [-0.39, 0.29) is 42.7 Å². The molecule has 5 rings (SSSR count). The topological polar surface area (TPSA) is 152 Å². The third kappa shape index (κ3) is 4.53. The molecule has 37 heavy (non-hydrogen) atoms. The average Bonchev–Trinajstić information content (AvgIpc) is 3.22. The lowest BCUT2D eigenvalue weighted by Crippen LogP contribution is -2.52. The molecule has 1 atom stereocenters. The minimum atomic E-state index is -0.955. The summed E-state index contributed by atoms with van der Waals surface area (Å²) in [5.41, 5.74) is 0.657. The van der Waals surface area contributed by atoms with Gasteiger partial charge in [-0.3, -0.25) is 24.6 Å². The van der Waals surface area contributed by atoms with Crippen LogP contribution in [-0.2, 0) is 34.0 Å². The van der Waals surface area contributed by atoms with E-state index in [1.54, 1.807) is 18.2 Å². The molecule has 196 valence electrons. The summed E-state index contributed by atoms with van der Waals surface area (Å²) in [5.74, 6) is -4.62. The van der Waals surface area contributed by atoms with Crippen LogP contribution in [0, 0.1) is 5.82 Å². The van der Waals surface area contributed by atoms with Gasteiger partial charge in [0.05, 0.1) is 24.5 Å². The Morgan fingerprint density at radius 2 is 1.78 bits per heavy atom. The highest BCUT2D eigenvalue weighted by Gasteiger charge is 2.43. The second-order valence-electron chi connectivity index (χ2n) is 9.31. The number of phenols is 3. The van der Waals surface area contributed by atoms with Gasteiger partial charge in [-0.05, 0) is 6.42 Å². The first-order valence-electron chi connectivity index (χ1n) is 12.0. The number of halogens is 1. The Balaban J connectivity index is 1.40. The van der Waals surface area contributed by atoms with E-state index in [9.17, 15) is 29.7 Å². The van der Waals surface area contributed by atoms with Gasteiger partial charge in [0.2, 0.25) is 17.6 Å². The maximum atomic E-state index is 15.3. The molecular weight excluding hydrogens is 487 g/mol. The van der Waals surface area contributed by atoms with Crippen LogP contribution in [0.4, 0.5) is 10.1 Å². The van der Waals surface area contributed by atoms with Gasteiger partial charge in [-0.2, -0.15) is 0 Å². The van der Waals surface area contributed by atoms with Gasteiger partial charge in [0.25, 0.3) is 5.91 Å². The number of phenolic OH excluding ortho intramolecular Hbond substituents is 3. The van der Waals surface area contributed by atoms with E-state index < -0.39 is 46.8 Å². The molecule has 0 saturated carbocycles. The molecule has 3 aliphatic heterocycles. The van der Waals surface area contributed by atoms with Crippen molar-refractivity contribution in [2.24, 2.45) is 0 Å². The predicted molar refractivity (Wildman–Crippen MR) is 127 cm³/mol. The van der Waals surface area contributed by atoms with E-state index in [2.05, 4.69) is 15.5 Å². The van der Waals surface area contributed by atoms with E-state index >= 15 is 4.39 Å². The highest BCUT2D eigenvalue weighted by Crippen LogP contribution is 2.50. The molecule has 2 aromatic rings. The fraction of sp³-hybridized carbons (Fsp3) is 0.400. The van der Waals surface area contributed by atoms with Crippen molar-refractivity contribution in [2.75, 3.05) is 31.6 Å². The number of benzene rings is 2. The summed E-state index contributed by atoms with van der Waals surface area (Å²) < 4.78 is 20.6. The first-order valence-corrected chi connectivity index (χ1v) is 12.0. The number of rotatable bonds is 6. The highest BCUT2D eigenvalue weighted by atomic mass is 19.1. The largest absolute Gasteiger partial charge is 0.504 e. The van der Waals surface area contributed by atoms with Crippen molar-refractivity contribution in [3.05, 3.63) is 46.3 Å². The minimum Gasteiger partial charge on any atom is -0.504 e. The molecule has 11 nitrogen and oxygen atoms in total. The molecule has 2 fully saturated rings. The molecule has 0 aliphatic carbocycles. The number of morpholine rings is 1. The third-order valence-electron chi connectivity index (χ3n) is 7.03. The Kier molecular flexibility index (Phi) is 6.61. The Morgan fingerprint density at radius 1 is 1.05 bits per heavy atom. The van der Waals surface area contributed by atoms with Crippen LogP contribution in [0.2, 0.25) is 0 Å². The van der Waals surface area contributed by atoms with Crippen LogP contribution in [0.5, 0.6) is 17.2 Å². The summed E-state index contributed by atoms with van der Waals surface area (Å²) in [6.07, 6.45) is 0.150. The molecule has 0 bridgehead atoms. The van der Waals surface area contributed by atoms with Gasteiger partial charge >= 0.3 is 0 Å². The molecule has 3 amide bonds. The SMILES string of the molecule is O=C1CCC(N2Cc3c(NCc4cccc(CN5CCOCC5)c4F)c(O)c(O)c(O)c3C2=O)C(=O)N1. The molecular formula is C25H27FN4O7. The molecule has 3 heterocycles. The van der Waals surface area contributed by atoms with Gasteiger partial charge in [0.15, 0.2) is 11.5 Å². The monoisotopic (exact) mass is 514 g/mol. The molecule has 0 spiro atoms. The van der Waals surface area contributed by atoms with Gasteiger partial charge in [0.1, 0.15) is 11.9 Å². The van der Waals surface area contributed by atoms with Crippen LogP contribution in [0.3, 0.4) is 0 Å². The van der Waals surface area contributed by atoms with E-state index in [0.29, 0.717) is 44.0 Å². The first kappa shape index (κ1) is 24.8. The zero-order chi connectivity index (χ0) is 26.3. The maximum absolute atomic E-state index is 15.3. The van der Waals surface area contributed by atoms with Gasteiger partial charge in [-0.15, -0.1) is 0 Å². The lowest BCUT2D eigenvalue weighted by atomic mass is 10.0. The Bertz CT molecular complexity index is 1280. The van der Waals surface area contributed by atoms with Crippen molar-refractivity contribution < 1.29 is 38.8 Å². The third-order valence-corrected chi connectivity index (χ3v) is 7.03. The summed E-state index contributed by atoms with van der Waals surface area (Å²) in [6, 6.07) is 4.06. The van der Waals surface area contributed by atoms with Gasteiger partial charge in [0, 0.05) is 55.8 Å². The zero-order valence-electron chi connectivity index (χ0n) is 19.9. The molecule has 0 aromatic heterocycles. The standard InChI is InChI=1S/C25H27FN4O7/c26-19-13(2-1-3-14(19)11-29-6-8-37-9-7-29)10-27-20-15-12-30(16-4-5-17(31)28-24(16)35)25(36)18(15)21(32)23(34)22(20)33/h1-3,16,27,32-34H,4-12H2,(H,28,31,35). The lowest BCUT2D eigenvalue weighted by Gasteiger charge is -2.29. The second-order valence-corrected chi connectivity index (χ2v) is 9.31. The van der Waals surface area contributed by atoms with E-state index in [1.165, 1.54) is 4.90 Å². The van der Waals surface area contributed by atoms with Crippen LogP contribution in [-0.4, -0.2) is 75.2 Å². The van der Waals surface area contributed by atoms with Crippen LogP contribution >= 0.6 is 0 Å². The van der Waals surface area contributed by atoms with Crippen molar-refractivity contribution in [3.63, 3.8) is 0 Å². The summed E-state index contributed by atoms with van der Waals surface area (Å²) in [6.45, 7) is 2.75. The quantitative estimate of drug-likeness (QED) is 0.217. The summed E-state index contributed by atoms with van der Waals surface area (Å²) in [7, 11) is 0. The smallest absolute Gasteiger partial charge is 0.259 e. The summed E-state index contributed by atoms with van der Waals surface area (Å²) in [4.78, 5) is 40.3. The Hall–Kier alpha value is -3.90. The number of carbonyl (C=O) groups excluding carboxylic acids is 3. The van der Waals surface area contributed by atoms with Crippen molar-refractivity contribution in [1.29, 1.82) is 0 Å². The normalized spacial score (nSPS) is 20.2. The number of hydrogen-bond donors (Lipinski definition) is 5. The highest BCUT2D eigenvalue weighted by molar-refractivity contribution is 6.08. The van der Waals surface area contributed by atoms with Crippen molar-refractivity contribution >= 4 is 23.4 Å². The number of imide groups is 1. The Labute approximate surface area is 211 Å². The number of amides is 3. The van der Waals surface area contributed by atoms with Crippen LogP contribution in [0.25, 0.3) is 0 Å². The number of aromatic hydroxyl groups is 3. The predicted octanol–water partition coefficient (Wildman–Crippen LogP) is 1.15. The van der Waals surface area contributed by atoms with Crippen molar-refractivity contribution in [2.45, 2.75) is 38.5 Å². The number of hydrogen-bond acceptors (Lipinski definition) is 9. The average molecular weight is 515 g/mol. The summed E-state index contributed by atoms with van der Waals surface area (Å²) >= 11 is 0. The lowest BCUT2D eigenvalue weighted by molar-refractivity contribution is -0.136. The minimum absolute atomic E-state index is 0.0458. The molecule has 3 aliphatic rings. The number of anilines is 1. The number of carbonyl (C=O) groups is 3. The van der Waals surface area contributed by atoms with Gasteiger partial charge < -0.3 is 30.3 Å². The molecule has 12 heteroatoms. The molecule has 2 aromatic carbocycles. The maximum Gasteiger partial charge on any atom is 0.259 e. The number of piperidine rings is 1. The van der Waals surface area contributed by atoms with E-state index in [1.807, 2.05) is 0 Å². The fourth-order valence-corrected chi connectivity index (χ4v) is 5.03. The molecule has 5 N–H and O–H groups in total. The Morgan fingerprint density at radius 3 is 2.51 bits per heavy atom. The fourth-order valence-electron chi connectivity index (χ4n) is 5.03. The number of fused-ring (bicyclic) bond motifs is 1. The van der Waals surface area contributed by atoms with Crippen LogP contribution in [0.1, 0.15) is 39.9 Å². The number of nitrogens with zero attached hydrogens (tertiary/aromatic N) is 2. The number of ether oxygens (including phenoxy) is 1. The second kappa shape index (κ2) is 9.87. The van der Waals surface area contributed by atoms with Crippen LogP contribution < -0.4 is 10.6 Å². The molecule has 0 radical (unpaired) electrons. The molecule has 1 unspecified atom stereocenters. The van der Waals surface area contributed by atoms with Gasteiger partial charge in [-0.1, -0.05) is 18.2 Å². The first-order chi connectivity index (χ1) is 17.8. The van der Waals surface area contributed by atoms with Gasteiger partial charge in [-0.25, -0.2) is 4.39 Å². The van der Waals surface area contributed by atoms with E-state index in [4.69, 9.17) is 4.74 Å². The van der Waals surface area contributed by atoms with E-state index in [0.717, 1.165) is 0 Å². The van der Waals surface area contributed by atoms with Crippen LogP contribution in [0.15, 0.2) is 18.2 Å². The van der Waals surface area contributed by atoms with Crippen molar-refractivity contribution in [3.8, 4) is 17.2 Å².